The Bertz CT molecular complexity index is 650. The van der Waals surface area contributed by atoms with E-state index in [1.807, 2.05) is 19.1 Å². The molecule has 0 unspecified atom stereocenters. The fraction of sp³-hybridized carbons (Fsp3) is 0.188. The number of phenolic OH excluding ortho intramolecular Hbond substituents is 1. The molecule has 4 heteroatoms. The zero-order valence-corrected chi connectivity index (χ0v) is 11.5. The monoisotopic (exact) mass is 271 g/mol. The van der Waals surface area contributed by atoms with Crippen LogP contribution in [0.5, 0.6) is 11.5 Å². The van der Waals surface area contributed by atoms with Gasteiger partial charge in [0.2, 0.25) is 5.91 Å². The van der Waals surface area contributed by atoms with Gasteiger partial charge in [-0.1, -0.05) is 12.1 Å². The van der Waals surface area contributed by atoms with Gasteiger partial charge in [0.15, 0.2) is 0 Å². The van der Waals surface area contributed by atoms with Gasteiger partial charge >= 0.3 is 0 Å². The molecular weight excluding hydrogens is 254 g/mol. The first-order valence-corrected chi connectivity index (χ1v) is 6.29. The topological polar surface area (TPSA) is 72.6 Å². The van der Waals surface area contributed by atoms with Gasteiger partial charge in [-0.3, -0.25) is 4.79 Å². The molecule has 2 aromatic carbocycles. The zero-order chi connectivity index (χ0) is 14.7. The van der Waals surface area contributed by atoms with E-state index in [2.05, 4.69) is 0 Å². The molecule has 0 spiro atoms. The molecule has 0 aromatic heterocycles. The average Bonchev–Trinajstić information content (AvgIpc) is 2.41. The summed E-state index contributed by atoms with van der Waals surface area (Å²) in [5.74, 6) is 0.413. The summed E-state index contributed by atoms with van der Waals surface area (Å²) in [6, 6.07) is 10.4. The van der Waals surface area contributed by atoms with E-state index in [-0.39, 0.29) is 5.75 Å². The van der Waals surface area contributed by atoms with Crippen LogP contribution in [0.2, 0.25) is 0 Å². The standard InChI is InChI=1S/C16H17NO3/c1-10-8-12(16(17)19)6-7-13(10)9-20-15-5-3-4-14(18)11(15)2/h3-8,18H,9H2,1-2H3,(H2,17,19). The fourth-order valence-electron chi connectivity index (χ4n) is 1.93. The summed E-state index contributed by atoms with van der Waals surface area (Å²) in [5, 5.41) is 9.62. The van der Waals surface area contributed by atoms with Crippen molar-refractivity contribution in [1.29, 1.82) is 0 Å². The second kappa shape index (κ2) is 5.65. The van der Waals surface area contributed by atoms with Crippen LogP contribution in [0.4, 0.5) is 0 Å². The van der Waals surface area contributed by atoms with E-state index >= 15 is 0 Å². The molecule has 0 aliphatic rings. The Kier molecular flexibility index (Phi) is 3.94. The van der Waals surface area contributed by atoms with Crippen LogP contribution in [0.1, 0.15) is 27.0 Å². The molecule has 0 saturated heterocycles. The molecule has 0 saturated carbocycles. The van der Waals surface area contributed by atoms with Crippen molar-refractivity contribution in [2.75, 3.05) is 0 Å². The number of ether oxygens (including phenoxy) is 1. The van der Waals surface area contributed by atoms with Gasteiger partial charge in [-0.2, -0.15) is 0 Å². The lowest BCUT2D eigenvalue weighted by Crippen LogP contribution is -2.11. The van der Waals surface area contributed by atoms with Gasteiger partial charge in [-0.25, -0.2) is 0 Å². The number of hydrogen-bond donors (Lipinski definition) is 2. The van der Waals surface area contributed by atoms with Crippen molar-refractivity contribution in [3.05, 3.63) is 58.7 Å². The SMILES string of the molecule is Cc1cc(C(N)=O)ccc1COc1cccc(O)c1C. The molecule has 0 radical (unpaired) electrons. The predicted octanol–water partition coefficient (Wildman–Crippen LogP) is 2.69. The highest BCUT2D eigenvalue weighted by Gasteiger charge is 2.07. The molecule has 20 heavy (non-hydrogen) atoms. The highest BCUT2D eigenvalue weighted by Crippen LogP contribution is 2.27. The summed E-state index contributed by atoms with van der Waals surface area (Å²) < 4.78 is 5.71. The number of carbonyl (C=O) groups is 1. The first-order chi connectivity index (χ1) is 9.49. The maximum absolute atomic E-state index is 11.1. The van der Waals surface area contributed by atoms with E-state index in [9.17, 15) is 9.90 Å². The summed E-state index contributed by atoms with van der Waals surface area (Å²) >= 11 is 0. The fourth-order valence-corrected chi connectivity index (χ4v) is 1.93. The van der Waals surface area contributed by atoms with Gasteiger partial charge in [0, 0.05) is 11.1 Å². The Morgan fingerprint density at radius 1 is 1.25 bits per heavy atom. The van der Waals surface area contributed by atoms with Crippen LogP contribution in [-0.4, -0.2) is 11.0 Å². The highest BCUT2D eigenvalue weighted by atomic mass is 16.5. The maximum Gasteiger partial charge on any atom is 0.248 e. The minimum Gasteiger partial charge on any atom is -0.508 e. The van der Waals surface area contributed by atoms with E-state index in [1.165, 1.54) is 0 Å². The zero-order valence-electron chi connectivity index (χ0n) is 11.5. The molecule has 2 rings (SSSR count). The van der Waals surface area contributed by atoms with E-state index < -0.39 is 5.91 Å². The molecule has 0 atom stereocenters. The van der Waals surface area contributed by atoms with Gasteiger partial charge in [0.05, 0.1) is 0 Å². The first-order valence-electron chi connectivity index (χ1n) is 6.29. The van der Waals surface area contributed by atoms with Gasteiger partial charge < -0.3 is 15.6 Å². The van der Waals surface area contributed by atoms with Crippen LogP contribution in [0.25, 0.3) is 0 Å². The molecule has 2 aromatic rings. The van der Waals surface area contributed by atoms with Gasteiger partial charge in [-0.05, 0) is 49.2 Å². The molecular formula is C16H17NO3. The van der Waals surface area contributed by atoms with Crippen molar-refractivity contribution in [2.24, 2.45) is 5.73 Å². The van der Waals surface area contributed by atoms with Crippen LogP contribution >= 0.6 is 0 Å². The lowest BCUT2D eigenvalue weighted by molar-refractivity contribution is 0.1000. The number of amides is 1. The second-order valence-electron chi connectivity index (χ2n) is 4.69. The van der Waals surface area contributed by atoms with Gasteiger partial charge in [-0.15, -0.1) is 0 Å². The summed E-state index contributed by atoms with van der Waals surface area (Å²) in [6.45, 7) is 4.07. The van der Waals surface area contributed by atoms with Crippen molar-refractivity contribution in [1.82, 2.24) is 0 Å². The molecule has 1 amide bonds. The Hall–Kier alpha value is -2.49. The number of rotatable bonds is 4. The quantitative estimate of drug-likeness (QED) is 0.898. The minimum atomic E-state index is -0.440. The van der Waals surface area contributed by atoms with Crippen molar-refractivity contribution in [3.63, 3.8) is 0 Å². The first kappa shape index (κ1) is 13.9. The Morgan fingerprint density at radius 2 is 2.00 bits per heavy atom. The Labute approximate surface area is 117 Å². The predicted molar refractivity (Wildman–Crippen MR) is 76.9 cm³/mol. The van der Waals surface area contributed by atoms with E-state index in [1.54, 1.807) is 31.2 Å². The van der Waals surface area contributed by atoms with Crippen LogP contribution in [-0.2, 0) is 6.61 Å². The average molecular weight is 271 g/mol. The van der Waals surface area contributed by atoms with E-state index in [4.69, 9.17) is 10.5 Å². The summed E-state index contributed by atoms with van der Waals surface area (Å²) in [7, 11) is 0. The van der Waals surface area contributed by atoms with E-state index in [0.717, 1.165) is 11.1 Å². The van der Waals surface area contributed by atoms with Crippen molar-refractivity contribution >= 4 is 5.91 Å². The normalized spacial score (nSPS) is 10.3. The third-order valence-electron chi connectivity index (χ3n) is 3.27. The summed E-state index contributed by atoms with van der Waals surface area (Å²) in [4.78, 5) is 11.1. The van der Waals surface area contributed by atoms with Crippen molar-refractivity contribution in [3.8, 4) is 11.5 Å². The van der Waals surface area contributed by atoms with Crippen LogP contribution in [0.3, 0.4) is 0 Å². The number of benzene rings is 2. The number of phenols is 1. The largest absolute Gasteiger partial charge is 0.508 e. The van der Waals surface area contributed by atoms with Gasteiger partial charge in [0.1, 0.15) is 18.1 Å². The third-order valence-corrected chi connectivity index (χ3v) is 3.27. The molecule has 0 heterocycles. The molecule has 0 bridgehead atoms. The second-order valence-corrected chi connectivity index (χ2v) is 4.69. The number of nitrogens with two attached hydrogens (primary N) is 1. The van der Waals surface area contributed by atoms with Crippen LogP contribution < -0.4 is 10.5 Å². The minimum absolute atomic E-state index is 0.211. The number of hydrogen-bond acceptors (Lipinski definition) is 3. The molecule has 104 valence electrons. The maximum atomic E-state index is 11.1. The number of aromatic hydroxyl groups is 1. The lowest BCUT2D eigenvalue weighted by atomic mass is 10.1. The van der Waals surface area contributed by atoms with Crippen molar-refractivity contribution < 1.29 is 14.6 Å². The summed E-state index contributed by atoms with van der Waals surface area (Å²) in [5.41, 5.74) is 8.34. The lowest BCUT2D eigenvalue weighted by Gasteiger charge is -2.12. The molecule has 3 N–H and O–H groups in total. The molecule has 0 aliphatic carbocycles. The number of carbonyl (C=O) groups excluding carboxylic acids is 1. The molecule has 0 aliphatic heterocycles. The highest BCUT2D eigenvalue weighted by molar-refractivity contribution is 5.93. The third kappa shape index (κ3) is 2.91. The Balaban J connectivity index is 2.15. The van der Waals surface area contributed by atoms with Crippen LogP contribution in [0.15, 0.2) is 36.4 Å². The number of aryl methyl sites for hydroxylation is 1. The van der Waals surface area contributed by atoms with E-state index in [0.29, 0.717) is 23.5 Å². The van der Waals surface area contributed by atoms with Gasteiger partial charge in [0.25, 0.3) is 0 Å². The van der Waals surface area contributed by atoms with Crippen molar-refractivity contribution in [2.45, 2.75) is 20.5 Å². The van der Waals surface area contributed by atoms with Crippen LogP contribution in [0, 0.1) is 13.8 Å². The molecule has 0 fully saturated rings. The molecule has 4 nitrogen and oxygen atoms in total. The Morgan fingerprint density at radius 3 is 2.65 bits per heavy atom. The smallest absolute Gasteiger partial charge is 0.248 e. The summed E-state index contributed by atoms with van der Waals surface area (Å²) in [6.07, 6.45) is 0. The number of primary amides is 1.